The van der Waals surface area contributed by atoms with Gasteiger partial charge < -0.3 is 15.4 Å². The number of amides is 1. The Morgan fingerprint density at radius 3 is 2.47 bits per heavy atom. The number of ether oxygens (including phenoxy) is 1. The molecule has 1 aliphatic heterocycles. The summed E-state index contributed by atoms with van der Waals surface area (Å²) < 4.78 is 5.43. The molecule has 1 saturated heterocycles. The van der Waals surface area contributed by atoms with E-state index in [1.54, 1.807) is 0 Å². The van der Waals surface area contributed by atoms with Crippen LogP contribution in [-0.2, 0) is 4.74 Å². The van der Waals surface area contributed by atoms with E-state index in [4.69, 9.17) is 10.5 Å². The Bertz CT molecular complexity index is 302. The highest BCUT2D eigenvalue weighted by Crippen LogP contribution is 2.24. The van der Waals surface area contributed by atoms with Crippen molar-refractivity contribution in [2.45, 2.75) is 71.4 Å². The van der Waals surface area contributed by atoms with Crippen molar-refractivity contribution in [3.8, 4) is 0 Å². The first-order valence-electron chi connectivity index (χ1n) is 7.34. The van der Waals surface area contributed by atoms with E-state index >= 15 is 0 Å². The summed E-state index contributed by atoms with van der Waals surface area (Å²) in [6, 6.07) is 0. The fourth-order valence-corrected chi connectivity index (χ4v) is 2.37. The highest BCUT2D eigenvalue weighted by atomic mass is 16.6. The van der Waals surface area contributed by atoms with Crippen LogP contribution in [0.4, 0.5) is 4.79 Å². The third-order valence-corrected chi connectivity index (χ3v) is 3.37. The van der Waals surface area contributed by atoms with E-state index in [0.29, 0.717) is 5.92 Å². The molecule has 4 heteroatoms. The van der Waals surface area contributed by atoms with E-state index in [1.807, 2.05) is 25.7 Å². The lowest BCUT2D eigenvalue weighted by atomic mass is 9.88. The number of rotatable bonds is 3. The molecule has 0 aromatic heterocycles. The van der Waals surface area contributed by atoms with Crippen LogP contribution < -0.4 is 5.73 Å². The Balaban J connectivity index is 2.44. The topological polar surface area (TPSA) is 55.6 Å². The van der Waals surface area contributed by atoms with Crippen LogP contribution in [0.15, 0.2) is 0 Å². The number of nitrogens with two attached hydrogens (primary N) is 1. The molecular weight excluding hydrogens is 240 g/mol. The van der Waals surface area contributed by atoms with Gasteiger partial charge in [0.05, 0.1) is 0 Å². The maximum atomic E-state index is 12.0. The largest absolute Gasteiger partial charge is 0.444 e. The van der Waals surface area contributed by atoms with Crippen LogP contribution in [0.2, 0.25) is 0 Å². The number of carbonyl (C=O) groups excluding carboxylic acids is 1. The molecule has 0 aromatic rings. The number of hydrogen-bond donors (Lipinski definition) is 1. The maximum Gasteiger partial charge on any atom is 0.410 e. The van der Waals surface area contributed by atoms with E-state index in [0.717, 1.165) is 32.4 Å². The average molecular weight is 270 g/mol. The Kier molecular flexibility index (Phi) is 5.25. The van der Waals surface area contributed by atoms with Crippen LogP contribution >= 0.6 is 0 Å². The molecule has 1 amide bonds. The summed E-state index contributed by atoms with van der Waals surface area (Å²) in [5.41, 5.74) is 5.49. The van der Waals surface area contributed by atoms with Gasteiger partial charge in [0.15, 0.2) is 0 Å². The van der Waals surface area contributed by atoms with Crippen molar-refractivity contribution in [2.75, 3.05) is 13.1 Å². The summed E-state index contributed by atoms with van der Waals surface area (Å²) in [5, 5.41) is 0. The molecule has 1 heterocycles. The molecule has 19 heavy (non-hydrogen) atoms. The second kappa shape index (κ2) is 6.12. The minimum atomic E-state index is -0.413. The highest BCUT2D eigenvalue weighted by molar-refractivity contribution is 5.68. The van der Waals surface area contributed by atoms with E-state index in [1.165, 1.54) is 6.42 Å². The van der Waals surface area contributed by atoms with Gasteiger partial charge in [-0.25, -0.2) is 4.79 Å². The zero-order valence-electron chi connectivity index (χ0n) is 13.2. The second-order valence-electron chi connectivity index (χ2n) is 7.46. The van der Waals surface area contributed by atoms with Crippen molar-refractivity contribution in [3.05, 3.63) is 0 Å². The van der Waals surface area contributed by atoms with Crippen LogP contribution in [0.25, 0.3) is 0 Å². The van der Waals surface area contributed by atoms with Gasteiger partial charge in [0, 0.05) is 18.6 Å². The van der Waals surface area contributed by atoms with E-state index < -0.39 is 5.60 Å². The van der Waals surface area contributed by atoms with Gasteiger partial charge in [-0.1, -0.05) is 0 Å². The van der Waals surface area contributed by atoms with Crippen LogP contribution in [0.1, 0.15) is 60.3 Å². The molecule has 0 aromatic carbocycles. The maximum absolute atomic E-state index is 12.0. The molecule has 1 unspecified atom stereocenters. The highest BCUT2D eigenvalue weighted by Gasteiger charge is 2.28. The molecule has 1 fully saturated rings. The summed E-state index contributed by atoms with van der Waals surface area (Å²) >= 11 is 0. The molecule has 0 bridgehead atoms. The van der Waals surface area contributed by atoms with Crippen molar-refractivity contribution in [3.63, 3.8) is 0 Å². The van der Waals surface area contributed by atoms with E-state index in [9.17, 15) is 4.79 Å². The number of carbonyl (C=O) groups is 1. The van der Waals surface area contributed by atoms with E-state index in [2.05, 4.69) is 13.8 Å². The van der Waals surface area contributed by atoms with Crippen LogP contribution in [0.3, 0.4) is 0 Å². The van der Waals surface area contributed by atoms with Crippen molar-refractivity contribution in [1.82, 2.24) is 4.90 Å². The molecule has 1 rings (SSSR count). The van der Waals surface area contributed by atoms with Crippen molar-refractivity contribution in [1.29, 1.82) is 0 Å². The summed E-state index contributed by atoms with van der Waals surface area (Å²) in [4.78, 5) is 13.9. The normalized spacial score (nSPS) is 21.4. The van der Waals surface area contributed by atoms with Gasteiger partial charge in [-0.15, -0.1) is 0 Å². The monoisotopic (exact) mass is 270 g/mol. The molecular formula is C15H30N2O2. The zero-order valence-corrected chi connectivity index (χ0v) is 13.2. The molecule has 4 nitrogen and oxygen atoms in total. The fourth-order valence-electron chi connectivity index (χ4n) is 2.37. The molecule has 0 saturated carbocycles. The minimum absolute atomic E-state index is 0.117. The number of hydrogen-bond acceptors (Lipinski definition) is 3. The Morgan fingerprint density at radius 2 is 1.95 bits per heavy atom. The van der Waals surface area contributed by atoms with Gasteiger partial charge >= 0.3 is 6.09 Å². The van der Waals surface area contributed by atoms with Crippen molar-refractivity contribution >= 4 is 6.09 Å². The average Bonchev–Trinajstić information content (AvgIpc) is 2.23. The third-order valence-electron chi connectivity index (χ3n) is 3.37. The molecule has 1 atom stereocenters. The molecule has 0 aliphatic carbocycles. The van der Waals surface area contributed by atoms with Crippen molar-refractivity contribution in [2.24, 2.45) is 11.7 Å². The van der Waals surface area contributed by atoms with Gasteiger partial charge in [-0.3, -0.25) is 0 Å². The molecule has 0 spiro atoms. The third kappa shape index (κ3) is 6.81. The lowest BCUT2D eigenvalue weighted by Gasteiger charge is -2.35. The molecule has 2 N–H and O–H groups in total. The SMILES string of the molecule is CC(C)(N)CCC1CCCN(C(=O)OC(C)(C)C)C1. The Morgan fingerprint density at radius 1 is 1.32 bits per heavy atom. The Labute approximate surface area is 117 Å². The first kappa shape index (κ1) is 16.3. The molecule has 112 valence electrons. The van der Waals surface area contributed by atoms with Crippen LogP contribution in [0, 0.1) is 5.92 Å². The summed E-state index contributed by atoms with van der Waals surface area (Å²) in [7, 11) is 0. The number of likely N-dealkylation sites (tertiary alicyclic amines) is 1. The zero-order chi connectivity index (χ0) is 14.7. The quantitative estimate of drug-likeness (QED) is 0.857. The van der Waals surface area contributed by atoms with Gasteiger partial charge in [0.1, 0.15) is 5.60 Å². The van der Waals surface area contributed by atoms with Crippen LogP contribution in [-0.4, -0.2) is 35.2 Å². The second-order valence-corrected chi connectivity index (χ2v) is 7.46. The molecule has 1 aliphatic rings. The summed E-state index contributed by atoms with van der Waals surface area (Å²) in [6.07, 6.45) is 4.16. The Hall–Kier alpha value is -0.770. The standard InChI is InChI=1S/C15H30N2O2/c1-14(2,3)19-13(18)17-10-6-7-12(11-17)8-9-15(4,5)16/h12H,6-11,16H2,1-5H3. The predicted molar refractivity (Wildman–Crippen MR) is 78.0 cm³/mol. The van der Waals surface area contributed by atoms with Gasteiger partial charge in [-0.05, 0) is 66.2 Å². The minimum Gasteiger partial charge on any atom is -0.444 e. The van der Waals surface area contributed by atoms with Gasteiger partial charge in [0.25, 0.3) is 0 Å². The van der Waals surface area contributed by atoms with Crippen LogP contribution in [0.5, 0.6) is 0 Å². The summed E-state index contributed by atoms with van der Waals surface area (Å²) in [6.45, 7) is 11.5. The molecule has 0 radical (unpaired) electrons. The lowest BCUT2D eigenvalue weighted by molar-refractivity contribution is 0.0159. The first-order chi connectivity index (χ1) is 8.57. The smallest absolute Gasteiger partial charge is 0.410 e. The van der Waals surface area contributed by atoms with E-state index in [-0.39, 0.29) is 11.6 Å². The van der Waals surface area contributed by atoms with Gasteiger partial charge in [0.2, 0.25) is 0 Å². The van der Waals surface area contributed by atoms with Gasteiger partial charge in [-0.2, -0.15) is 0 Å². The number of piperidine rings is 1. The predicted octanol–water partition coefficient (Wildman–Crippen LogP) is 3.15. The fraction of sp³-hybridized carbons (Fsp3) is 0.933. The number of nitrogens with zero attached hydrogens (tertiary/aromatic N) is 1. The first-order valence-corrected chi connectivity index (χ1v) is 7.34. The summed E-state index contributed by atoms with van der Waals surface area (Å²) in [5.74, 6) is 0.559. The lowest BCUT2D eigenvalue weighted by Crippen LogP contribution is -2.43. The van der Waals surface area contributed by atoms with Crippen molar-refractivity contribution < 1.29 is 9.53 Å².